The zero-order valence-corrected chi connectivity index (χ0v) is 14.6. The first-order chi connectivity index (χ1) is 11.9. The third kappa shape index (κ3) is 3.21. The zero-order chi connectivity index (χ0) is 18.1. The number of ether oxygens (including phenoxy) is 1. The van der Waals surface area contributed by atoms with Gasteiger partial charge in [-0.3, -0.25) is 9.59 Å². The first-order valence-electron chi connectivity index (χ1n) is 7.30. The Kier molecular flexibility index (Phi) is 4.70. The van der Waals surface area contributed by atoms with Crippen molar-refractivity contribution in [1.29, 1.82) is 0 Å². The van der Waals surface area contributed by atoms with Gasteiger partial charge in [0.1, 0.15) is 11.5 Å². The number of aliphatic hydroxyl groups is 1. The molecule has 1 heterocycles. The van der Waals surface area contributed by atoms with E-state index in [9.17, 15) is 14.7 Å². The Morgan fingerprint density at radius 2 is 1.92 bits per heavy atom. The number of aliphatic hydroxyl groups excluding tert-OH is 1. The lowest BCUT2D eigenvalue weighted by atomic mass is 9.96. The summed E-state index contributed by atoms with van der Waals surface area (Å²) in [4.78, 5) is 24.2. The maximum atomic E-state index is 12.3. The average molecular weight is 378 g/mol. The van der Waals surface area contributed by atoms with Crippen molar-refractivity contribution in [2.45, 2.75) is 6.04 Å². The molecular formula is C18H13Cl2NO4. The lowest BCUT2D eigenvalue weighted by Gasteiger charge is -2.15. The normalized spacial score (nSPS) is 18.9. The molecule has 0 bridgehead atoms. The van der Waals surface area contributed by atoms with Crippen molar-refractivity contribution in [3.63, 3.8) is 0 Å². The van der Waals surface area contributed by atoms with Crippen LogP contribution in [0.1, 0.15) is 17.2 Å². The molecule has 1 unspecified atom stereocenters. The molecule has 2 aromatic rings. The van der Waals surface area contributed by atoms with Crippen LogP contribution < -0.4 is 10.1 Å². The molecule has 1 aliphatic rings. The van der Waals surface area contributed by atoms with Crippen LogP contribution in [0.3, 0.4) is 0 Å². The first kappa shape index (κ1) is 17.3. The fourth-order valence-corrected chi connectivity index (χ4v) is 3.18. The van der Waals surface area contributed by atoms with Crippen molar-refractivity contribution in [3.05, 3.63) is 69.2 Å². The topological polar surface area (TPSA) is 75.6 Å². The summed E-state index contributed by atoms with van der Waals surface area (Å²) in [7, 11) is 1.49. The number of methoxy groups -OCH3 is 1. The van der Waals surface area contributed by atoms with Crippen LogP contribution in [0.2, 0.25) is 10.0 Å². The van der Waals surface area contributed by atoms with Gasteiger partial charge in [0, 0.05) is 15.6 Å². The van der Waals surface area contributed by atoms with Crippen molar-refractivity contribution in [2.24, 2.45) is 0 Å². The molecule has 1 aliphatic heterocycles. The van der Waals surface area contributed by atoms with E-state index in [2.05, 4.69) is 5.32 Å². The number of Topliss-reactive ketones (excluding diaryl/α,β-unsaturated/α-hetero) is 1. The lowest BCUT2D eigenvalue weighted by Crippen LogP contribution is -2.21. The predicted octanol–water partition coefficient (Wildman–Crippen LogP) is 3.71. The summed E-state index contributed by atoms with van der Waals surface area (Å²) in [5.74, 6) is -1.41. The van der Waals surface area contributed by atoms with Crippen LogP contribution in [-0.2, 0) is 9.59 Å². The molecule has 7 heteroatoms. The second-order valence-corrected chi connectivity index (χ2v) is 6.24. The molecule has 0 radical (unpaired) electrons. The summed E-state index contributed by atoms with van der Waals surface area (Å²) in [5, 5.41) is 13.9. The number of ketones is 1. The first-order valence-corrected chi connectivity index (χ1v) is 8.05. The number of hydrogen-bond donors (Lipinski definition) is 2. The highest BCUT2D eigenvalue weighted by atomic mass is 35.5. The smallest absolute Gasteiger partial charge is 0.293 e. The van der Waals surface area contributed by atoms with E-state index in [1.165, 1.54) is 13.2 Å². The van der Waals surface area contributed by atoms with Crippen molar-refractivity contribution in [3.8, 4) is 5.75 Å². The van der Waals surface area contributed by atoms with Crippen LogP contribution in [-0.4, -0.2) is 23.9 Å². The Hall–Kier alpha value is -2.50. The van der Waals surface area contributed by atoms with Crippen LogP contribution >= 0.6 is 23.2 Å². The molecule has 1 amide bonds. The number of rotatable bonds is 3. The van der Waals surface area contributed by atoms with Gasteiger partial charge in [-0.25, -0.2) is 0 Å². The number of nitrogens with one attached hydrogen (secondary N) is 1. The van der Waals surface area contributed by atoms with E-state index in [1.54, 1.807) is 36.4 Å². The molecule has 0 saturated carbocycles. The number of carbonyl (C=O) groups is 2. The van der Waals surface area contributed by atoms with Crippen LogP contribution in [0.15, 0.2) is 48.0 Å². The maximum Gasteiger partial charge on any atom is 0.293 e. The highest BCUT2D eigenvalue weighted by Gasteiger charge is 2.40. The Balaban J connectivity index is 2.15. The Labute approximate surface area is 153 Å². The maximum absolute atomic E-state index is 12.3. The number of carbonyl (C=O) groups excluding carboxylic acids is 2. The number of halogens is 2. The lowest BCUT2D eigenvalue weighted by molar-refractivity contribution is -0.133. The molecule has 1 saturated heterocycles. The van der Waals surface area contributed by atoms with Gasteiger partial charge in [-0.05, 0) is 29.8 Å². The third-order valence-electron chi connectivity index (χ3n) is 3.89. The third-order valence-corrected chi connectivity index (χ3v) is 4.45. The van der Waals surface area contributed by atoms with Crippen LogP contribution in [0.25, 0.3) is 5.76 Å². The summed E-state index contributed by atoms with van der Waals surface area (Å²) in [5.41, 5.74) is 0.756. The largest absolute Gasteiger partial charge is 0.507 e. The second kappa shape index (κ2) is 6.78. The van der Waals surface area contributed by atoms with Crippen molar-refractivity contribution in [2.75, 3.05) is 7.11 Å². The zero-order valence-electron chi connectivity index (χ0n) is 13.0. The molecule has 128 valence electrons. The van der Waals surface area contributed by atoms with Gasteiger partial charge in [0.2, 0.25) is 0 Å². The molecular weight excluding hydrogens is 365 g/mol. The van der Waals surface area contributed by atoms with Gasteiger partial charge >= 0.3 is 0 Å². The molecule has 0 aliphatic carbocycles. The monoisotopic (exact) mass is 377 g/mol. The number of benzene rings is 2. The van der Waals surface area contributed by atoms with E-state index >= 15 is 0 Å². The minimum Gasteiger partial charge on any atom is -0.507 e. The highest BCUT2D eigenvalue weighted by molar-refractivity contribution is 6.47. The van der Waals surface area contributed by atoms with E-state index in [-0.39, 0.29) is 16.4 Å². The van der Waals surface area contributed by atoms with Crippen LogP contribution in [0.5, 0.6) is 5.75 Å². The predicted molar refractivity (Wildman–Crippen MR) is 94.9 cm³/mol. The molecule has 0 aromatic heterocycles. The molecule has 3 rings (SSSR count). The van der Waals surface area contributed by atoms with E-state index in [0.29, 0.717) is 21.9 Å². The summed E-state index contributed by atoms with van der Waals surface area (Å²) >= 11 is 12.1. The SMILES string of the molecule is COc1cccc(/C(O)=C2\C(=O)C(=O)NC2c2ccc(Cl)cc2Cl)c1. The molecule has 2 N–H and O–H groups in total. The Bertz CT molecular complexity index is 908. The van der Waals surface area contributed by atoms with E-state index in [0.717, 1.165) is 0 Å². The van der Waals surface area contributed by atoms with Gasteiger partial charge in [0.25, 0.3) is 11.7 Å². The number of amides is 1. The summed E-state index contributed by atoms with van der Waals surface area (Å²) in [6, 6.07) is 10.4. The van der Waals surface area contributed by atoms with Gasteiger partial charge in [-0.15, -0.1) is 0 Å². The molecule has 2 aromatic carbocycles. The standard InChI is InChI=1S/C18H13Cl2NO4/c1-25-11-4-2-3-9(7-11)16(22)14-15(21-18(24)17(14)23)12-6-5-10(19)8-13(12)20/h2-8,15,22H,1H3,(H,21,24)/b16-14+. The molecule has 1 fully saturated rings. The van der Waals surface area contributed by atoms with Gasteiger partial charge in [0.05, 0.1) is 18.7 Å². The minimum atomic E-state index is -0.865. The Morgan fingerprint density at radius 3 is 2.60 bits per heavy atom. The average Bonchev–Trinajstić information content (AvgIpc) is 2.89. The second-order valence-electron chi connectivity index (χ2n) is 5.40. The summed E-state index contributed by atoms with van der Waals surface area (Å²) in [6.45, 7) is 0. The Morgan fingerprint density at radius 1 is 1.16 bits per heavy atom. The molecule has 5 nitrogen and oxygen atoms in total. The fourth-order valence-electron chi connectivity index (χ4n) is 2.66. The fraction of sp³-hybridized carbons (Fsp3) is 0.111. The molecule has 25 heavy (non-hydrogen) atoms. The minimum absolute atomic E-state index is 0.0672. The van der Waals surface area contributed by atoms with Gasteiger partial charge in [-0.2, -0.15) is 0 Å². The molecule has 0 spiro atoms. The van der Waals surface area contributed by atoms with E-state index < -0.39 is 17.7 Å². The van der Waals surface area contributed by atoms with Gasteiger partial charge in [0.15, 0.2) is 0 Å². The number of hydrogen-bond acceptors (Lipinski definition) is 4. The summed E-state index contributed by atoms with van der Waals surface area (Å²) < 4.78 is 5.12. The van der Waals surface area contributed by atoms with Gasteiger partial charge in [-0.1, -0.05) is 41.4 Å². The van der Waals surface area contributed by atoms with Crippen molar-refractivity contribution in [1.82, 2.24) is 5.32 Å². The van der Waals surface area contributed by atoms with Gasteiger partial charge < -0.3 is 15.2 Å². The van der Waals surface area contributed by atoms with E-state index in [4.69, 9.17) is 27.9 Å². The van der Waals surface area contributed by atoms with Crippen molar-refractivity contribution < 1.29 is 19.4 Å². The van der Waals surface area contributed by atoms with Crippen LogP contribution in [0, 0.1) is 0 Å². The highest BCUT2D eigenvalue weighted by Crippen LogP contribution is 2.37. The quantitative estimate of drug-likeness (QED) is 0.485. The summed E-state index contributed by atoms with van der Waals surface area (Å²) in [6.07, 6.45) is 0. The van der Waals surface area contributed by atoms with Crippen molar-refractivity contribution >= 4 is 40.7 Å². The van der Waals surface area contributed by atoms with E-state index in [1.807, 2.05) is 0 Å². The molecule has 1 atom stereocenters. The van der Waals surface area contributed by atoms with Crippen LogP contribution in [0.4, 0.5) is 0 Å².